The maximum atomic E-state index is 13.5. The van der Waals surface area contributed by atoms with E-state index in [9.17, 15) is 9.18 Å². The molecule has 166 valence electrons. The predicted octanol–water partition coefficient (Wildman–Crippen LogP) is 6.70. The summed E-state index contributed by atoms with van der Waals surface area (Å²) in [6, 6.07) is 9.74. The van der Waals surface area contributed by atoms with Gasteiger partial charge >= 0.3 is 5.97 Å². The Balaban J connectivity index is 1.68. The van der Waals surface area contributed by atoms with Crippen molar-refractivity contribution in [3.8, 4) is 5.75 Å². The number of amidine groups is 1. The number of ether oxygens (including phenoxy) is 2. The average Bonchev–Trinajstić information content (AvgIpc) is 3.20. The van der Waals surface area contributed by atoms with Crippen LogP contribution in [0.25, 0.3) is 0 Å². The van der Waals surface area contributed by atoms with Crippen molar-refractivity contribution in [2.24, 2.45) is 4.99 Å². The Hall–Kier alpha value is -2.10. The highest BCUT2D eigenvalue weighted by atomic mass is 79.9. The number of rotatable bonds is 6. The SMILES string of the molecule is CCOC(=O)C1=C(C)N=C2SC=CN2[C@H]1c1cc(Br)c(OCc2cccc(F)c2)c(Br)c1. The first-order valence-electron chi connectivity index (χ1n) is 9.83. The molecule has 5 nitrogen and oxygen atoms in total. The number of hydrogen-bond donors (Lipinski definition) is 0. The first-order chi connectivity index (χ1) is 15.4. The van der Waals surface area contributed by atoms with Gasteiger partial charge in [0.25, 0.3) is 0 Å². The van der Waals surface area contributed by atoms with Gasteiger partial charge in [-0.25, -0.2) is 14.2 Å². The molecular formula is C23H19Br2FN2O3S. The molecule has 4 rings (SSSR count). The van der Waals surface area contributed by atoms with Gasteiger partial charge in [0, 0.05) is 6.20 Å². The number of nitrogens with zero attached hydrogens (tertiary/aromatic N) is 2. The number of esters is 1. The second-order valence-corrected chi connectivity index (χ2v) is 9.64. The summed E-state index contributed by atoms with van der Waals surface area (Å²) in [5.41, 5.74) is 2.72. The number of halogens is 3. The summed E-state index contributed by atoms with van der Waals surface area (Å²) in [4.78, 5) is 19.4. The van der Waals surface area contributed by atoms with Crippen LogP contribution in [0.1, 0.15) is 31.0 Å². The van der Waals surface area contributed by atoms with Crippen LogP contribution in [0.3, 0.4) is 0 Å². The van der Waals surface area contributed by atoms with Gasteiger partial charge in [-0.2, -0.15) is 0 Å². The van der Waals surface area contributed by atoms with E-state index < -0.39 is 6.04 Å². The maximum Gasteiger partial charge on any atom is 0.338 e. The summed E-state index contributed by atoms with van der Waals surface area (Å²) < 4.78 is 26.2. The predicted molar refractivity (Wildman–Crippen MR) is 131 cm³/mol. The minimum absolute atomic E-state index is 0.215. The van der Waals surface area contributed by atoms with Crippen LogP contribution in [0, 0.1) is 5.82 Å². The van der Waals surface area contributed by atoms with Crippen molar-refractivity contribution in [2.75, 3.05) is 6.61 Å². The molecule has 2 aliphatic rings. The summed E-state index contributed by atoms with van der Waals surface area (Å²) in [7, 11) is 0. The molecule has 0 saturated heterocycles. The van der Waals surface area contributed by atoms with E-state index in [2.05, 4.69) is 36.9 Å². The van der Waals surface area contributed by atoms with Gasteiger partial charge < -0.3 is 14.4 Å². The van der Waals surface area contributed by atoms with Gasteiger partial charge in [-0.05, 0) is 86.5 Å². The highest BCUT2D eigenvalue weighted by Crippen LogP contribution is 2.44. The van der Waals surface area contributed by atoms with E-state index in [1.165, 1.54) is 23.9 Å². The molecule has 0 radical (unpaired) electrons. The second kappa shape index (κ2) is 9.80. The van der Waals surface area contributed by atoms with Gasteiger partial charge in [0.2, 0.25) is 0 Å². The highest BCUT2D eigenvalue weighted by Gasteiger charge is 2.38. The van der Waals surface area contributed by atoms with Crippen LogP contribution in [0.2, 0.25) is 0 Å². The molecule has 9 heteroatoms. The van der Waals surface area contributed by atoms with Gasteiger partial charge in [0.15, 0.2) is 5.17 Å². The lowest BCUT2D eigenvalue weighted by Gasteiger charge is -2.33. The van der Waals surface area contributed by atoms with Crippen molar-refractivity contribution in [3.63, 3.8) is 0 Å². The molecule has 0 amide bonds. The van der Waals surface area contributed by atoms with Gasteiger partial charge in [-0.3, -0.25) is 0 Å². The molecular weight excluding hydrogens is 563 g/mol. The molecule has 0 bridgehead atoms. The standard InChI is InChI=1S/C23H19Br2FN2O3S/c1-3-30-22(29)19-13(2)27-23-28(7-8-32-23)20(19)15-10-17(24)21(18(25)11-15)31-12-14-5-4-6-16(26)9-14/h4-11,20H,3,12H2,1-2H3/t20-/m0/s1. The zero-order valence-electron chi connectivity index (χ0n) is 17.3. The molecule has 2 aliphatic heterocycles. The minimum Gasteiger partial charge on any atom is -0.487 e. The van der Waals surface area contributed by atoms with Gasteiger partial charge in [0.05, 0.1) is 32.9 Å². The number of carbonyl (C=O) groups excluding carboxylic acids is 1. The third-order valence-electron chi connectivity index (χ3n) is 4.92. The monoisotopic (exact) mass is 580 g/mol. The quantitative estimate of drug-likeness (QED) is 0.355. The summed E-state index contributed by atoms with van der Waals surface area (Å²) >= 11 is 8.69. The van der Waals surface area contributed by atoms with Crippen molar-refractivity contribution in [1.29, 1.82) is 0 Å². The summed E-state index contributed by atoms with van der Waals surface area (Å²) in [6.07, 6.45) is 1.91. The Morgan fingerprint density at radius 3 is 2.69 bits per heavy atom. The lowest BCUT2D eigenvalue weighted by molar-refractivity contribution is -0.139. The molecule has 0 saturated carbocycles. The highest BCUT2D eigenvalue weighted by molar-refractivity contribution is 9.11. The molecule has 0 spiro atoms. The first-order valence-corrected chi connectivity index (χ1v) is 12.3. The van der Waals surface area contributed by atoms with Crippen LogP contribution in [0.4, 0.5) is 4.39 Å². The van der Waals surface area contributed by atoms with Crippen molar-refractivity contribution in [1.82, 2.24) is 4.90 Å². The fraction of sp³-hybridized carbons (Fsp3) is 0.217. The van der Waals surface area contributed by atoms with E-state index in [0.29, 0.717) is 26.0 Å². The van der Waals surface area contributed by atoms with E-state index in [0.717, 1.165) is 16.3 Å². The lowest BCUT2D eigenvalue weighted by Crippen LogP contribution is -2.34. The van der Waals surface area contributed by atoms with E-state index in [1.54, 1.807) is 19.1 Å². The Labute approximate surface area is 206 Å². The van der Waals surface area contributed by atoms with Crippen molar-refractivity contribution < 1.29 is 18.7 Å². The van der Waals surface area contributed by atoms with Crippen LogP contribution in [0.15, 0.2) is 73.2 Å². The molecule has 0 unspecified atom stereocenters. The average molecular weight is 582 g/mol. The number of benzene rings is 2. The molecule has 0 aromatic heterocycles. The Kier molecular flexibility index (Phi) is 7.07. The van der Waals surface area contributed by atoms with E-state index in [4.69, 9.17) is 9.47 Å². The number of carbonyl (C=O) groups is 1. The number of aliphatic imine (C=N–C) groups is 1. The second-order valence-electron chi connectivity index (χ2n) is 7.06. The van der Waals surface area contributed by atoms with E-state index in [1.807, 2.05) is 35.6 Å². The molecule has 0 fully saturated rings. The molecule has 1 atom stereocenters. The fourth-order valence-electron chi connectivity index (χ4n) is 3.56. The normalized spacial score (nSPS) is 17.3. The van der Waals surface area contributed by atoms with Crippen molar-refractivity contribution >= 4 is 54.8 Å². The fourth-order valence-corrected chi connectivity index (χ4v) is 5.80. The zero-order chi connectivity index (χ0) is 22.8. The number of fused-ring (bicyclic) bond motifs is 1. The summed E-state index contributed by atoms with van der Waals surface area (Å²) in [5, 5.41) is 2.74. The molecule has 32 heavy (non-hydrogen) atoms. The Bertz CT molecular complexity index is 1140. The third kappa shape index (κ3) is 4.65. The van der Waals surface area contributed by atoms with Crippen LogP contribution in [0.5, 0.6) is 5.75 Å². The van der Waals surface area contributed by atoms with Crippen LogP contribution in [-0.2, 0) is 16.1 Å². The van der Waals surface area contributed by atoms with E-state index >= 15 is 0 Å². The Morgan fingerprint density at radius 1 is 1.25 bits per heavy atom. The summed E-state index contributed by atoms with van der Waals surface area (Å²) in [5.74, 6) is -0.103. The van der Waals surface area contributed by atoms with Gasteiger partial charge in [0.1, 0.15) is 18.2 Å². The van der Waals surface area contributed by atoms with Crippen LogP contribution < -0.4 is 4.74 Å². The molecule has 0 aliphatic carbocycles. The summed E-state index contributed by atoms with van der Waals surface area (Å²) in [6.45, 7) is 4.10. The molecule has 2 aromatic carbocycles. The van der Waals surface area contributed by atoms with Crippen LogP contribution in [-0.4, -0.2) is 22.6 Å². The topological polar surface area (TPSA) is 51.1 Å². The van der Waals surface area contributed by atoms with Gasteiger partial charge in [-0.15, -0.1) is 0 Å². The molecule has 0 N–H and O–H groups in total. The maximum absolute atomic E-state index is 13.5. The molecule has 2 aromatic rings. The zero-order valence-corrected chi connectivity index (χ0v) is 21.3. The van der Waals surface area contributed by atoms with Crippen LogP contribution >= 0.6 is 43.6 Å². The first kappa shape index (κ1) is 23.1. The Morgan fingerprint density at radius 2 is 2.00 bits per heavy atom. The number of allylic oxidation sites excluding steroid dienone is 1. The number of hydrogen-bond acceptors (Lipinski definition) is 6. The molecule has 2 heterocycles. The lowest BCUT2D eigenvalue weighted by atomic mass is 9.95. The largest absolute Gasteiger partial charge is 0.487 e. The van der Waals surface area contributed by atoms with Crippen molar-refractivity contribution in [2.45, 2.75) is 26.5 Å². The van der Waals surface area contributed by atoms with Gasteiger partial charge in [-0.1, -0.05) is 23.9 Å². The smallest absolute Gasteiger partial charge is 0.338 e. The van der Waals surface area contributed by atoms with Crippen molar-refractivity contribution in [3.05, 3.63) is 85.2 Å². The minimum atomic E-state index is -0.391. The number of thioether (sulfide) groups is 1. The van der Waals surface area contributed by atoms with E-state index in [-0.39, 0.29) is 25.0 Å². The third-order valence-corrected chi connectivity index (χ3v) is 6.87.